The zero-order chi connectivity index (χ0) is 11.4. The van der Waals surface area contributed by atoms with Crippen LogP contribution >= 0.6 is 0 Å². The Bertz CT molecular complexity index is 443. The van der Waals surface area contributed by atoms with Crippen molar-refractivity contribution >= 4 is 16.6 Å². The van der Waals surface area contributed by atoms with Crippen molar-refractivity contribution in [1.82, 2.24) is 10.2 Å². The van der Waals surface area contributed by atoms with Crippen LogP contribution in [0.4, 0.5) is 5.69 Å². The van der Waals surface area contributed by atoms with Crippen molar-refractivity contribution in [2.75, 3.05) is 11.9 Å². The SMILES string of the molecule is CCC(CC)CNc1cccc2[nH]ncc12. The molecule has 1 aromatic carbocycles. The fourth-order valence-corrected chi connectivity index (χ4v) is 1.95. The van der Waals surface area contributed by atoms with E-state index in [0.717, 1.165) is 18.0 Å². The Morgan fingerprint density at radius 3 is 2.88 bits per heavy atom. The summed E-state index contributed by atoms with van der Waals surface area (Å²) >= 11 is 0. The Labute approximate surface area is 96.2 Å². The van der Waals surface area contributed by atoms with Gasteiger partial charge in [-0.1, -0.05) is 32.8 Å². The van der Waals surface area contributed by atoms with E-state index in [0.29, 0.717) is 0 Å². The van der Waals surface area contributed by atoms with Gasteiger partial charge in [0.1, 0.15) is 0 Å². The van der Waals surface area contributed by atoms with Crippen LogP contribution in [0.15, 0.2) is 24.4 Å². The maximum Gasteiger partial charge on any atom is 0.0671 e. The third-order valence-electron chi connectivity index (χ3n) is 3.22. The predicted octanol–water partition coefficient (Wildman–Crippen LogP) is 3.41. The second kappa shape index (κ2) is 5.01. The van der Waals surface area contributed by atoms with Crippen LogP contribution in [-0.2, 0) is 0 Å². The molecule has 3 heteroatoms. The number of benzene rings is 1. The first-order chi connectivity index (χ1) is 7.85. The molecule has 1 heterocycles. The van der Waals surface area contributed by atoms with E-state index in [1.807, 2.05) is 12.3 Å². The van der Waals surface area contributed by atoms with Gasteiger partial charge in [-0.25, -0.2) is 0 Å². The Morgan fingerprint density at radius 2 is 2.12 bits per heavy atom. The first-order valence-electron chi connectivity index (χ1n) is 6.01. The number of fused-ring (bicyclic) bond motifs is 1. The third kappa shape index (κ3) is 2.18. The van der Waals surface area contributed by atoms with E-state index < -0.39 is 0 Å². The molecular formula is C13H19N3. The molecule has 0 atom stereocenters. The molecule has 0 radical (unpaired) electrons. The van der Waals surface area contributed by atoms with Crippen molar-refractivity contribution in [3.05, 3.63) is 24.4 Å². The summed E-state index contributed by atoms with van der Waals surface area (Å²) < 4.78 is 0. The van der Waals surface area contributed by atoms with Gasteiger partial charge in [-0.05, 0) is 18.1 Å². The molecule has 0 unspecified atom stereocenters. The van der Waals surface area contributed by atoms with Crippen LogP contribution in [0.5, 0.6) is 0 Å². The fourth-order valence-electron chi connectivity index (χ4n) is 1.95. The van der Waals surface area contributed by atoms with Crippen molar-refractivity contribution in [3.8, 4) is 0 Å². The van der Waals surface area contributed by atoms with E-state index in [-0.39, 0.29) is 0 Å². The molecule has 0 fully saturated rings. The van der Waals surface area contributed by atoms with Gasteiger partial charge in [0.15, 0.2) is 0 Å². The van der Waals surface area contributed by atoms with Gasteiger partial charge in [0.05, 0.1) is 11.7 Å². The highest BCUT2D eigenvalue weighted by Crippen LogP contribution is 2.21. The second-order valence-electron chi connectivity index (χ2n) is 4.20. The molecule has 2 aromatic rings. The maximum atomic E-state index is 4.06. The molecule has 0 aliphatic carbocycles. The summed E-state index contributed by atoms with van der Waals surface area (Å²) in [5.74, 6) is 0.752. The number of nitrogens with one attached hydrogen (secondary N) is 2. The van der Waals surface area contributed by atoms with Crippen molar-refractivity contribution in [3.63, 3.8) is 0 Å². The van der Waals surface area contributed by atoms with Crippen molar-refractivity contribution in [1.29, 1.82) is 0 Å². The number of hydrogen-bond donors (Lipinski definition) is 2. The molecular weight excluding hydrogens is 198 g/mol. The summed E-state index contributed by atoms with van der Waals surface area (Å²) in [6.45, 7) is 5.53. The highest BCUT2D eigenvalue weighted by Gasteiger charge is 2.05. The largest absolute Gasteiger partial charge is 0.384 e. The summed E-state index contributed by atoms with van der Waals surface area (Å²) in [6, 6.07) is 6.21. The molecule has 0 amide bonds. The van der Waals surface area contributed by atoms with Crippen molar-refractivity contribution in [2.45, 2.75) is 26.7 Å². The molecule has 0 saturated carbocycles. The highest BCUT2D eigenvalue weighted by molar-refractivity contribution is 5.90. The first kappa shape index (κ1) is 11.0. The van der Waals surface area contributed by atoms with E-state index in [4.69, 9.17) is 0 Å². The average Bonchev–Trinajstić information content (AvgIpc) is 2.79. The normalized spacial score (nSPS) is 11.2. The number of hydrogen-bond acceptors (Lipinski definition) is 2. The Balaban J connectivity index is 2.11. The molecule has 0 aliphatic rings. The second-order valence-corrected chi connectivity index (χ2v) is 4.20. The lowest BCUT2D eigenvalue weighted by atomic mass is 10.0. The number of aromatic nitrogens is 2. The minimum Gasteiger partial charge on any atom is -0.384 e. The zero-order valence-corrected chi connectivity index (χ0v) is 9.96. The van der Waals surface area contributed by atoms with Crippen LogP contribution in [0.3, 0.4) is 0 Å². The van der Waals surface area contributed by atoms with E-state index >= 15 is 0 Å². The fraction of sp³-hybridized carbons (Fsp3) is 0.462. The number of anilines is 1. The summed E-state index contributed by atoms with van der Waals surface area (Å²) in [7, 11) is 0. The molecule has 86 valence electrons. The van der Waals surface area contributed by atoms with E-state index in [9.17, 15) is 0 Å². The van der Waals surface area contributed by atoms with Crippen LogP contribution in [0.1, 0.15) is 26.7 Å². The summed E-state index contributed by atoms with van der Waals surface area (Å²) in [4.78, 5) is 0. The van der Waals surface area contributed by atoms with Gasteiger partial charge in [0.2, 0.25) is 0 Å². The Hall–Kier alpha value is -1.51. The number of aromatic amines is 1. The Morgan fingerprint density at radius 1 is 1.31 bits per heavy atom. The molecule has 16 heavy (non-hydrogen) atoms. The van der Waals surface area contributed by atoms with Gasteiger partial charge in [-0.15, -0.1) is 0 Å². The lowest BCUT2D eigenvalue weighted by molar-refractivity contribution is 0.519. The maximum absolute atomic E-state index is 4.06. The van der Waals surface area contributed by atoms with Gasteiger partial charge < -0.3 is 5.32 Å². The van der Waals surface area contributed by atoms with Gasteiger partial charge in [-0.2, -0.15) is 5.10 Å². The number of H-pyrrole nitrogens is 1. The van der Waals surface area contributed by atoms with Gasteiger partial charge in [-0.3, -0.25) is 5.10 Å². The average molecular weight is 217 g/mol. The summed E-state index contributed by atoms with van der Waals surface area (Å²) in [5, 5.41) is 11.7. The molecule has 0 bridgehead atoms. The minimum atomic E-state index is 0.752. The van der Waals surface area contributed by atoms with Gasteiger partial charge in [0.25, 0.3) is 0 Å². The molecule has 1 aromatic heterocycles. The smallest absolute Gasteiger partial charge is 0.0671 e. The van der Waals surface area contributed by atoms with Crippen molar-refractivity contribution in [2.24, 2.45) is 5.92 Å². The van der Waals surface area contributed by atoms with Crippen LogP contribution in [0.25, 0.3) is 10.9 Å². The number of nitrogens with zero attached hydrogens (tertiary/aromatic N) is 1. The molecule has 0 aliphatic heterocycles. The lowest BCUT2D eigenvalue weighted by Gasteiger charge is -2.14. The van der Waals surface area contributed by atoms with Crippen LogP contribution in [-0.4, -0.2) is 16.7 Å². The Kier molecular flexibility index (Phi) is 3.44. The molecule has 2 rings (SSSR count). The summed E-state index contributed by atoms with van der Waals surface area (Å²) in [6.07, 6.45) is 4.33. The monoisotopic (exact) mass is 217 g/mol. The van der Waals surface area contributed by atoms with E-state index in [1.54, 1.807) is 0 Å². The van der Waals surface area contributed by atoms with Gasteiger partial charge >= 0.3 is 0 Å². The van der Waals surface area contributed by atoms with E-state index in [1.165, 1.54) is 23.9 Å². The van der Waals surface area contributed by atoms with Gasteiger partial charge in [0, 0.05) is 17.6 Å². The highest BCUT2D eigenvalue weighted by atomic mass is 15.1. The predicted molar refractivity (Wildman–Crippen MR) is 68.7 cm³/mol. The third-order valence-corrected chi connectivity index (χ3v) is 3.22. The quantitative estimate of drug-likeness (QED) is 0.805. The molecule has 3 nitrogen and oxygen atoms in total. The molecule has 2 N–H and O–H groups in total. The summed E-state index contributed by atoms with van der Waals surface area (Å²) in [5.41, 5.74) is 2.27. The van der Waals surface area contributed by atoms with Crippen LogP contribution < -0.4 is 5.32 Å². The molecule has 0 spiro atoms. The van der Waals surface area contributed by atoms with Crippen LogP contribution in [0, 0.1) is 5.92 Å². The molecule has 0 saturated heterocycles. The van der Waals surface area contributed by atoms with Crippen molar-refractivity contribution < 1.29 is 0 Å². The standard InChI is InChI=1S/C13H19N3/c1-3-10(4-2)8-14-12-6-5-7-13-11(12)9-15-16-13/h5-7,9-10,14H,3-4,8H2,1-2H3,(H,15,16). The zero-order valence-electron chi connectivity index (χ0n) is 9.96. The minimum absolute atomic E-state index is 0.752. The number of rotatable bonds is 5. The van der Waals surface area contributed by atoms with E-state index in [2.05, 4.69) is 41.5 Å². The van der Waals surface area contributed by atoms with Crippen LogP contribution in [0.2, 0.25) is 0 Å². The topological polar surface area (TPSA) is 40.7 Å². The first-order valence-corrected chi connectivity index (χ1v) is 6.01. The lowest BCUT2D eigenvalue weighted by Crippen LogP contribution is -2.12.